The van der Waals surface area contributed by atoms with Crippen molar-refractivity contribution in [1.29, 1.82) is 0 Å². The van der Waals surface area contributed by atoms with Crippen LogP contribution < -0.4 is 5.84 Å². The molecule has 2 aromatic rings. The van der Waals surface area contributed by atoms with Crippen LogP contribution in [0.4, 0.5) is 5.69 Å². The highest BCUT2D eigenvalue weighted by atomic mass is 16.1. The number of ketones is 2. The number of fused-ring (bicyclic) bond motifs is 2. The van der Waals surface area contributed by atoms with E-state index in [9.17, 15) is 9.59 Å². The maximum absolute atomic E-state index is 12.5. The monoisotopic (exact) mass is 251 g/mol. The summed E-state index contributed by atoms with van der Waals surface area (Å²) in [5.41, 5.74) is 1.73. The SMILES string of the molecule is NN=Nc1cccc2c1C(=O)c1ccccc1C2=O. The van der Waals surface area contributed by atoms with Crippen molar-refractivity contribution in [2.45, 2.75) is 0 Å². The second kappa shape index (κ2) is 4.13. The van der Waals surface area contributed by atoms with E-state index in [0.29, 0.717) is 22.4 Å². The lowest BCUT2D eigenvalue weighted by Crippen LogP contribution is -2.20. The molecule has 0 spiro atoms. The lowest BCUT2D eigenvalue weighted by Gasteiger charge is -2.17. The second-order valence-electron chi connectivity index (χ2n) is 4.12. The summed E-state index contributed by atoms with van der Waals surface area (Å²) in [5, 5.41) is 6.90. The number of nitrogens with two attached hydrogens (primary N) is 1. The molecule has 5 nitrogen and oxygen atoms in total. The standard InChI is InChI=1S/C14H9N3O2/c15-17-16-11-7-3-6-10-12(11)14(19)9-5-2-1-4-8(9)13(10)18/h1-7H,(H2,15,16). The molecule has 0 bridgehead atoms. The van der Waals surface area contributed by atoms with E-state index in [-0.39, 0.29) is 17.1 Å². The van der Waals surface area contributed by atoms with Gasteiger partial charge in [0.2, 0.25) is 0 Å². The Balaban J connectivity index is 2.33. The van der Waals surface area contributed by atoms with Crippen molar-refractivity contribution in [3.63, 3.8) is 0 Å². The zero-order valence-corrected chi connectivity index (χ0v) is 9.83. The largest absolute Gasteiger partial charge is 0.305 e. The topological polar surface area (TPSA) is 84.9 Å². The summed E-state index contributed by atoms with van der Waals surface area (Å²) in [6.45, 7) is 0. The van der Waals surface area contributed by atoms with E-state index in [0.717, 1.165) is 0 Å². The summed E-state index contributed by atoms with van der Waals surface area (Å²) < 4.78 is 0. The highest BCUT2D eigenvalue weighted by Crippen LogP contribution is 2.33. The van der Waals surface area contributed by atoms with Crippen LogP contribution in [-0.4, -0.2) is 11.6 Å². The molecule has 0 amide bonds. The van der Waals surface area contributed by atoms with Gasteiger partial charge in [0.1, 0.15) is 0 Å². The van der Waals surface area contributed by atoms with Crippen molar-refractivity contribution in [1.82, 2.24) is 0 Å². The quantitative estimate of drug-likeness (QED) is 0.409. The number of benzene rings is 2. The van der Waals surface area contributed by atoms with Crippen LogP contribution in [0.5, 0.6) is 0 Å². The fraction of sp³-hybridized carbons (Fsp3) is 0. The van der Waals surface area contributed by atoms with Crippen LogP contribution in [-0.2, 0) is 0 Å². The molecule has 1 aliphatic rings. The van der Waals surface area contributed by atoms with Crippen LogP contribution in [0.15, 0.2) is 52.8 Å². The third kappa shape index (κ3) is 1.55. The summed E-state index contributed by atoms with van der Waals surface area (Å²) in [6.07, 6.45) is 0. The van der Waals surface area contributed by atoms with Crippen LogP contribution in [0, 0.1) is 0 Å². The van der Waals surface area contributed by atoms with Crippen molar-refractivity contribution in [3.8, 4) is 0 Å². The Kier molecular flexibility index (Phi) is 2.45. The van der Waals surface area contributed by atoms with E-state index in [4.69, 9.17) is 5.84 Å². The number of rotatable bonds is 1. The van der Waals surface area contributed by atoms with Gasteiger partial charge in [-0.3, -0.25) is 9.59 Å². The zero-order chi connectivity index (χ0) is 13.4. The molecule has 0 unspecified atom stereocenters. The van der Waals surface area contributed by atoms with E-state index in [1.54, 1.807) is 42.5 Å². The van der Waals surface area contributed by atoms with E-state index >= 15 is 0 Å². The molecule has 2 aromatic carbocycles. The molecule has 0 saturated heterocycles. The van der Waals surface area contributed by atoms with Gasteiger partial charge in [0.15, 0.2) is 11.6 Å². The van der Waals surface area contributed by atoms with Gasteiger partial charge in [-0.15, -0.1) is 5.11 Å². The maximum atomic E-state index is 12.5. The Labute approximate surface area is 108 Å². The van der Waals surface area contributed by atoms with Crippen LogP contribution in [0.25, 0.3) is 0 Å². The molecule has 19 heavy (non-hydrogen) atoms. The number of carbonyl (C=O) groups excluding carboxylic acids is 2. The third-order valence-electron chi connectivity index (χ3n) is 3.10. The molecule has 92 valence electrons. The van der Waals surface area contributed by atoms with Gasteiger partial charge < -0.3 is 5.84 Å². The minimum atomic E-state index is -0.229. The Bertz CT molecular complexity index is 735. The highest BCUT2D eigenvalue weighted by Gasteiger charge is 2.31. The normalized spacial score (nSPS) is 13.5. The van der Waals surface area contributed by atoms with E-state index in [1.807, 2.05) is 0 Å². The van der Waals surface area contributed by atoms with Gasteiger partial charge in [-0.25, -0.2) is 0 Å². The first kappa shape index (κ1) is 11.3. The van der Waals surface area contributed by atoms with Crippen LogP contribution in [0.1, 0.15) is 31.8 Å². The van der Waals surface area contributed by atoms with E-state index in [1.165, 1.54) is 0 Å². The van der Waals surface area contributed by atoms with Crippen LogP contribution >= 0.6 is 0 Å². The zero-order valence-electron chi connectivity index (χ0n) is 9.83. The molecular formula is C14H9N3O2. The third-order valence-corrected chi connectivity index (χ3v) is 3.10. The molecule has 3 rings (SSSR count). The number of nitrogens with zero attached hydrogens (tertiary/aromatic N) is 2. The Morgan fingerprint density at radius 1 is 0.789 bits per heavy atom. The molecule has 0 aliphatic heterocycles. The molecular weight excluding hydrogens is 242 g/mol. The molecule has 0 fully saturated rings. The van der Waals surface area contributed by atoms with Gasteiger partial charge in [-0.1, -0.05) is 41.6 Å². The van der Waals surface area contributed by atoms with Gasteiger partial charge in [0, 0.05) is 16.7 Å². The van der Waals surface area contributed by atoms with Crippen molar-refractivity contribution in [3.05, 3.63) is 64.7 Å². The number of carbonyl (C=O) groups is 2. The maximum Gasteiger partial charge on any atom is 0.196 e. The Hall–Kier alpha value is -2.82. The van der Waals surface area contributed by atoms with Gasteiger partial charge in [-0.05, 0) is 6.07 Å². The Morgan fingerprint density at radius 2 is 1.42 bits per heavy atom. The number of hydrogen-bond acceptors (Lipinski definition) is 4. The van der Waals surface area contributed by atoms with Crippen molar-refractivity contribution < 1.29 is 9.59 Å². The summed E-state index contributed by atoms with van der Waals surface area (Å²) in [7, 11) is 0. The van der Waals surface area contributed by atoms with Gasteiger partial charge in [0.25, 0.3) is 0 Å². The van der Waals surface area contributed by atoms with Crippen LogP contribution in [0.2, 0.25) is 0 Å². The average molecular weight is 251 g/mol. The predicted octanol–water partition coefficient (Wildman–Crippen LogP) is 2.42. The van der Waals surface area contributed by atoms with Crippen molar-refractivity contribution in [2.24, 2.45) is 16.2 Å². The van der Waals surface area contributed by atoms with Gasteiger partial charge >= 0.3 is 0 Å². The molecule has 2 N–H and O–H groups in total. The fourth-order valence-corrected chi connectivity index (χ4v) is 2.27. The van der Waals surface area contributed by atoms with E-state index in [2.05, 4.69) is 10.3 Å². The van der Waals surface area contributed by atoms with E-state index < -0.39 is 0 Å². The first-order valence-electron chi connectivity index (χ1n) is 5.66. The highest BCUT2D eigenvalue weighted by molar-refractivity contribution is 6.29. The number of hydrogen-bond donors (Lipinski definition) is 1. The van der Waals surface area contributed by atoms with Gasteiger partial charge in [0.05, 0.1) is 11.3 Å². The molecule has 0 aromatic heterocycles. The van der Waals surface area contributed by atoms with Crippen molar-refractivity contribution in [2.75, 3.05) is 0 Å². The lowest BCUT2D eigenvalue weighted by molar-refractivity contribution is 0.0979. The summed E-state index contributed by atoms with van der Waals surface area (Å²) in [5.74, 6) is 4.62. The molecule has 0 saturated carbocycles. The molecule has 5 heteroatoms. The molecule has 0 atom stereocenters. The van der Waals surface area contributed by atoms with Crippen molar-refractivity contribution >= 4 is 17.3 Å². The second-order valence-corrected chi connectivity index (χ2v) is 4.12. The first-order chi connectivity index (χ1) is 9.24. The minimum Gasteiger partial charge on any atom is -0.305 e. The minimum absolute atomic E-state index is 0.181. The molecule has 0 radical (unpaired) electrons. The summed E-state index contributed by atoms with van der Waals surface area (Å²) in [4.78, 5) is 24.8. The average Bonchev–Trinajstić information content (AvgIpc) is 2.45. The van der Waals surface area contributed by atoms with Gasteiger partial charge in [-0.2, -0.15) is 0 Å². The Morgan fingerprint density at radius 3 is 2.11 bits per heavy atom. The first-order valence-corrected chi connectivity index (χ1v) is 5.66. The summed E-state index contributed by atoms with van der Waals surface area (Å²) >= 11 is 0. The lowest BCUT2D eigenvalue weighted by atomic mass is 9.83. The van der Waals surface area contributed by atoms with Crippen LogP contribution in [0.3, 0.4) is 0 Å². The molecule has 1 aliphatic carbocycles. The summed E-state index contributed by atoms with van der Waals surface area (Å²) in [6, 6.07) is 11.6. The predicted molar refractivity (Wildman–Crippen MR) is 68.5 cm³/mol. The smallest absolute Gasteiger partial charge is 0.196 e. The fourth-order valence-electron chi connectivity index (χ4n) is 2.27. The molecule has 0 heterocycles.